The Kier molecular flexibility index (Phi) is 4.20. The van der Waals surface area contributed by atoms with Crippen molar-refractivity contribution in [2.24, 2.45) is 0 Å². The van der Waals surface area contributed by atoms with Crippen LogP contribution in [0, 0.1) is 0 Å². The van der Waals surface area contributed by atoms with Crippen molar-refractivity contribution >= 4 is 6.09 Å². The second-order valence-electron chi connectivity index (χ2n) is 4.17. The number of carbonyl (C=O) groups is 1. The van der Waals surface area contributed by atoms with E-state index in [4.69, 9.17) is 4.74 Å². The molecule has 4 heteroatoms. The van der Waals surface area contributed by atoms with Crippen molar-refractivity contribution in [1.82, 2.24) is 10.2 Å². The Labute approximate surface area is 85.6 Å². The first-order chi connectivity index (χ1) is 6.59. The lowest BCUT2D eigenvalue weighted by Crippen LogP contribution is -2.35. The maximum Gasteiger partial charge on any atom is 0.407 e. The lowest BCUT2D eigenvalue weighted by molar-refractivity contribution is 0.113. The minimum Gasteiger partial charge on any atom is -0.448 e. The summed E-state index contributed by atoms with van der Waals surface area (Å²) in [6.45, 7) is 5.46. The van der Waals surface area contributed by atoms with Crippen molar-refractivity contribution in [2.45, 2.75) is 38.8 Å². The molecule has 0 aromatic rings. The van der Waals surface area contributed by atoms with E-state index in [-0.39, 0.29) is 12.1 Å². The summed E-state index contributed by atoms with van der Waals surface area (Å²) in [7, 11) is 2.07. The lowest BCUT2D eigenvalue weighted by atomic mass is 10.2. The van der Waals surface area contributed by atoms with Crippen LogP contribution >= 0.6 is 0 Å². The summed E-state index contributed by atoms with van der Waals surface area (Å²) in [5.74, 6) is 0. The third-order valence-electron chi connectivity index (χ3n) is 2.48. The molecule has 0 unspecified atom stereocenters. The maximum atomic E-state index is 11.2. The second-order valence-corrected chi connectivity index (χ2v) is 4.17. The Morgan fingerprint density at radius 1 is 1.64 bits per heavy atom. The minimum atomic E-state index is -0.305. The van der Waals surface area contributed by atoms with Crippen LogP contribution in [0.25, 0.3) is 0 Å². The first kappa shape index (κ1) is 11.3. The fraction of sp³-hybridized carbons (Fsp3) is 0.900. The van der Waals surface area contributed by atoms with Crippen LogP contribution in [0.5, 0.6) is 0 Å². The van der Waals surface area contributed by atoms with Crippen molar-refractivity contribution in [3.63, 3.8) is 0 Å². The molecule has 1 N–H and O–H groups in total. The standard InChI is InChI=1S/C10H20N2O2/c1-8(2)11-10(13)14-7-9-5-4-6-12(9)3/h8-9H,4-7H2,1-3H3,(H,11,13)/t9-/m0/s1. The van der Waals surface area contributed by atoms with Crippen molar-refractivity contribution in [3.05, 3.63) is 0 Å². The van der Waals surface area contributed by atoms with Gasteiger partial charge in [0.2, 0.25) is 0 Å². The van der Waals surface area contributed by atoms with E-state index < -0.39 is 0 Å². The van der Waals surface area contributed by atoms with Crippen LogP contribution in [0.4, 0.5) is 4.79 Å². The molecule has 0 saturated carbocycles. The molecule has 0 radical (unpaired) electrons. The van der Waals surface area contributed by atoms with Crippen LogP contribution in [-0.4, -0.2) is 43.3 Å². The molecule has 4 nitrogen and oxygen atoms in total. The third-order valence-corrected chi connectivity index (χ3v) is 2.48. The number of likely N-dealkylation sites (N-methyl/N-ethyl adjacent to an activating group) is 1. The van der Waals surface area contributed by atoms with E-state index in [1.165, 1.54) is 6.42 Å². The van der Waals surface area contributed by atoms with Gasteiger partial charge < -0.3 is 15.0 Å². The number of carbonyl (C=O) groups excluding carboxylic acids is 1. The summed E-state index contributed by atoms with van der Waals surface area (Å²) in [5.41, 5.74) is 0. The molecule has 82 valence electrons. The first-order valence-corrected chi connectivity index (χ1v) is 5.23. The van der Waals surface area contributed by atoms with Crippen LogP contribution in [0.2, 0.25) is 0 Å². The van der Waals surface area contributed by atoms with Gasteiger partial charge in [-0.15, -0.1) is 0 Å². The van der Waals surface area contributed by atoms with Crippen LogP contribution < -0.4 is 5.32 Å². The number of hydrogen-bond acceptors (Lipinski definition) is 3. The quantitative estimate of drug-likeness (QED) is 0.744. The number of likely N-dealkylation sites (tertiary alicyclic amines) is 1. The Bertz CT molecular complexity index is 195. The summed E-state index contributed by atoms with van der Waals surface area (Å²) in [5, 5.41) is 2.70. The zero-order chi connectivity index (χ0) is 10.6. The van der Waals surface area contributed by atoms with E-state index in [0.717, 1.165) is 13.0 Å². The number of ether oxygens (including phenoxy) is 1. The van der Waals surface area contributed by atoms with E-state index in [2.05, 4.69) is 17.3 Å². The fourth-order valence-corrected chi connectivity index (χ4v) is 1.64. The van der Waals surface area contributed by atoms with E-state index >= 15 is 0 Å². The van der Waals surface area contributed by atoms with Gasteiger partial charge >= 0.3 is 6.09 Å². The molecule has 1 fully saturated rings. The molecule has 1 amide bonds. The van der Waals surface area contributed by atoms with Crippen LogP contribution in [-0.2, 0) is 4.74 Å². The predicted molar refractivity (Wildman–Crippen MR) is 55.3 cm³/mol. The average Bonchev–Trinajstić information content (AvgIpc) is 2.46. The summed E-state index contributed by atoms with van der Waals surface area (Å²) < 4.78 is 5.12. The van der Waals surface area contributed by atoms with Gasteiger partial charge in [-0.1, -0.05) is 0 Å². The first-order valence-electron chi connectivity index (χ1n) is 5.23. The topological polar surface area (TPSA) is 41.6 Å². The highest BCUT2D eigenvalue weighted by Crippen LogP contribution is 2.14. The van der Waals surface area contributed by atoms with Gasteiger partial charge in [0.05, 0.1) is 0 Å². The largest absolute Gasteiger partial charge is 0.448 e. The highest BCUT2D eigenvalue weighted by Gasteiger charge is 2.22. The molecule has 1 aliphatic rings. The van der Waals surface area contributed by atoms with Crippen molar-refractivity contribution in [2.75, 3.05) is 20.2 Å². The summed E-state index contributed by atoms with van der Waals surface area (Å²) in [6, 6.07) is 0.553. The molecule has 0 bridgehead atoms. The van der Waals surface area contributed by atoms with E-state index in [9.17, 15) is 4.79 Å². The highest BCUT2D eigenvalue weighted by atomic mass is 16.5. The molecule has 14 heavy (non-hydrogen) atoms. The molecule has 0 aromatic heterocycles. The highest BCUT2D eigenvalue weighted by molar-refractivity contribution is 5.67. The predicted octanol–water partition coefficient (Wildman–Crippen LogP) is 1.22. The normalized spacial score (nSPS) is 22.7. The number of hydrogen-bond donors (Lipinski definition) is 1. The number of amides is 1. The number of nitrogens with one attached hydrogen (secondary N) is 1. The maximum absolute atomic E-state index is 11.2. The van der Waals surface area contributed by atoms with Crippen LogP contribution in [0.15, 0.2) is 0 Å². The Balaban J connectivity index is 2.16. The average molecular weight is 200 g/mol. The van der Waals surface area contributed by atoms with Gasteiger partial charge in [0.25, 0.3) is 0 Å². The Morgan fingerprint density at radius 3 is 2.86 bits per heavy atom. The van der Waals surface area contributed by atoms with E-state index in [1.54, 1.807) is 0 Å². The third kappa shape index (κ3) is 3.54. The molecular weight excluding hydrogens is 180 g/mol. The molecular formula is C10H20N2O2. The fourth-order valence-electron chi connectivity index (χ4n) is 1.64. The molecule has 0 aliphatic carbocycles. The molecule has 0 aromatic carbocycles. The monoisotopic (exact) mass is 200 g/mol. The van der Waals surface area contributed by atoms with E-state index in [0.29, 0.717) is 12.6 Å². The number of alkyl carbamates (subject to hydrolysis) is 1. The van der Waals surface area contributed by atoms with Gasteiger partial charge in [0, 0.05) is 12.1 Å². The SMILES string of the molecule is CC(C)NC(=O)OC[C@@H]1CCCN1C. The smallest absolute Gasteiger partial charge is 0.407 e. The summed E-state index contributed by atoms with van der Waals surface area (Å²) in [6.07, 6.45) is 2.03. The zero-order valence-electron chi connectivity index (χ0n) is 9.25. The van der Waals surface area contributed by atoms with Gasteiger partial charge in [-0.2, -0.15) is 0 Å². The minimum absolute atomic E-state index is 0.142. The van der Waals surface area contributed by atoms with Gasteiger partial charge in [-0.05, 0) is 40.3 Å². The van der Waals surface area contributed by atoms with Crippen LogP contribution in [0.1, 0.15) is 26.7 Å². The lowest BCUT2D eigenvalue weighted by Gasteiger charge is -2.19. The molecule has 1 atom stereocenters. The Morgan fingerprint density at radius 2 is 2.36 bits per heavy atom. The summed E-state index contributed by atoms with van der Waals surface area (Å²) >= 11 is 0. The number of rotatable bonds is 3. The van der Waals surface area contributed by atoms with Crippen LogP contribution in [0.3, 0.4) is 0 Å². The summed E-state index contributed by atoms with van der Waals surface area (Å²) in [4.78, 5) is 13.4. The zero-order valence-corrected chi connectivity index (χ0v) is 9.25. The molecule has 0 spiro atoms. The van der Waals surface area contributed by atoms with Gasteiger partial charge in [0.1, 0.15) is 6.61 Å². The van der Waals surface area contributed by atoms with Gasteiger partial charge in [0.15, 0.2) is 0 Å². The molecule has 1 aliphatic heterocycles. The van der Waals surface area contributed by atoms with Crippen molar-refractivity contribution in [1.29, 1.82) is 0 Å². The van der Waals surface area contributed by atoms with E-state index in [1.807, 2.05) is 13.8 Å². The van der Waals surface area contributed by atoms with Gasteiger partial charge in [-0.25, -0.2) is 4.79 Å². The molecule has 1 saturated heterocycles. The molecule has 1 heterocycles. The number of nitrogens with zero attached hydrogens (tertiary/aromatic N) is 1. The molecule has 1 rings (SSSR count). The Hall–Kier alpha value is -0.770. The van der Waals surface area contributed by atoms with Gasteiger partial charge in [-0.3, -0.25) is 0 Å². The second kappa shape index (κ2) is 5.20. The van der Waals surface area contributed by atoms with Crippen molar-refractivity contribution < 1.29 is 9.53 Å². The van der Waals surface area contributed by atoms with Crippen molar-refractivity contribution in [3.8, 4) is 0 Å².